The molecule has 20 heavy (non-hydrogen) atoms. The van der Waals surface area contributed by atoms with Crippen molar-refractivity contribution in [3.63, 3.8) is 0 Å². The third-order valence-electron chi connectivity index (χ3n) is 2.82. The molecule has 1 aromatic carbocycles. The number of nitrogens with one attached hydrogen (secondary N) is 2. The zero-order chi connectivity index (χ0) is 14.5. The average molecular weight is 309 g/mol. The summed E-state index contributed by atoms with van der Waals surface area (Å²) in [5.41, 5.74) is 3.45. The summed E-state index contributed by atoms with van der Waals surface area (Å²) < 4.78 is 0. The van der Waals surface area contributed by atoms with Crippen LogP contribution >= 0.6 is 24.0 Å². The molecule has 0 fully saturated rings. The molecule has 1 aliphatic rings. The summed E-state index contributed by atoms with van der Waals surface area (Å²) in [7, 11) is 0. The van der Waals surface area contributed by atoms with Gasteiger partial charge in [0.2, 0.25) is 0 Å². The van der Waals surface area contributed by atoms with E-state index in [-0.39, 0.29) is 16.9 Å². The number of carbonyl (C=O) groups excluding carboxylic acids is 2. The van der Waals surface area contributed by atoms with Gasteiger partial charge in [-0.1, -0.05) is 12.1 Å². The minimum absolute atomic E-state index is 0.278. The number of nitrogens with zero attached hydrogens (tertiary/aromatic N) is 1. The Morgan fingerprint density at radius 3 is 2.40 bits per heavy atom. The molecule has 0 atom stereocenters. The number of imide groups is 1. The fourth-order valence-corrected chi connectivity index (χ4v) is 2.48. The maximum atomic E-state index is 12.1. The Bertz CT molecular complexity index is 513. The first-order chi connectivity index (χ1) is 9.65. The number of hydrogen-bond donors (Lipinski definition) is 2. The largest absolute Gasteiger partial charge is 0.361 e. The molecular weight excluding hydrogens is 294 g/mol. The molecule has 1 aliphatic heterocycles. The Kier molecular flexibility index (Phi) is 4.97. The van der Waals surface area contributed by atoms with E-state index in [0.717, 1.165) is 17.2 Å². The van der Waals surface area contributed by atoms with Crippen molar-refractivity contribution in [1.82, 2.24) is 15.8 Å². The van der Waals surface area contributed by atoms with Gasteiger partial charge in [-0.2, -0.15) is 16.8 Å². The Morgan fingerprint density at radius 2 is 1.85 bits per heavy atom. The van der Waals surface area contributed by atoms with Crippen LogP contribution in [-0.2, 0) is 0 Å². The van der Waals surface area contributed by atoms with Gasteiger partial charge in [-0.3, -0.25) is 15.0 Å². The number of amides is 2. The molecule has 0 radical (unpaired) electrons. The molecule has 2 amide bonds. The number of hydrazine groups is 1. The Balaban J connectivity index is 1.93. The Labute approximate surface area is 127 Å². The van der Waals surface area contributed by atoms with Crippen molar-refractivity contribution < 1.29 is 9.59 Å². The smallest absolute Gasteiger partial charge is 0.280 e. The fourth-order valence-electron chi connectivity index (χ4n) is 1.85. The van der Waals surface area contributed by atoms with Gasteiger partial charge in [0, 0.05) is 6.54 Å². The molecule has 1 aromatic rings. The number of benzene rings is 1. The summed E-state index contributed by atoms with van der Waals surface area (Å²) in [4.78, 5) is 24.1. The molecule has 0 bridgehead atoms. The molecule has 5 nitrogen and oxygen atoms in total. The summed E-state index contributed by atoms with van der Waals surface area (Å²) in [5.74, 6) is 0.278. The quantitative estimate of drug-likeness (QED) is 0.487. The minimum Gasteiger partial charge on any atom is -0.361 e. The summed E-state index contributed by atoms with van der Waals surface area (Å²) in [5, 5.41) is 4.20. The van der Waals surface area contributed by atoms with E-state index in [1.807, 2.05) is 6.26 Å². The van der Waals surface area contributed by atoms with Crippen molar-refractivity contribution in [2.24, 2.45) is 0 Å². The topological polar surface area (TPSA) is 61.4 Å². The van der Waals surface area contributed by atoms with Crippen LogP contribution in [0.4, 0.5) is 0 Å². The van der Waals surface area contributed by atoms with E-state index in [4.69, 9.17) is 12.2 Å². The zero-order valence-electron chi connectivity index (χ0n) is 11.0. The van der Waals surface area contributed by atoms with Crippen LogP contribution in [0.3, 0.4) is 0 Å². The highest BCUT2D eigenvalue weighted by Crippen LogP contribution is 2.20. The maximum absolute atomic E-state index is 12.1. The average Bonchev–Trinajstić information content (AvgIpc) is 2.69. The second kappa shape index (κ2) is 6.71. The van der Waals surface area contributed by atoms with Crippen LogP contribution in [0.25, 0.3) is 0 Å². The first-order valence-corrected chi connectivity index (χ1v) is 7.96. The molecule has 0 saturated heterocycles. The van der Waals surface area contributed by atoms with Gasteiger partial charge in [-0.05, 0) is 42.8 Å². The number of carbonyl (C=O) groups is 2. The molecule has 0 unspecified atom stereocenters. The molecule has 2 rings (SSSR count). The Morgan fingerprint density at radius 1 is 1.25 bits per heavy atom. The van der Waals surface area contributed by atoms with E-state index in [2.05, 4.69) is 10.7 Å². The number of rotatable bonds is 5. The number of fused-ring (bicyclic) bond motifs is 1. The highest BCUT2D eigenvalue weighted by Gasteiger charge is 2.35. The van der Waals surface area contributed by atoms with E-state index < -0.39 is 0 Å². The molecular formula is C13H15N3O2S2. The van der Waals surface area contributed by atoms with Crippen molar-refractivity contribution in [3.8, 4) is 0 Å². The molecule has 2 N–H and O–H groups in total. The van der Waals surface area contributed by atoms with E-state index in [9.17, 15) is 9.59 Å². The second-order valence-corrected chi connectivity index (χ2v) is 5.60. The molecule has 106 valence electrons. The van der Waals surface area contributed by atoms with E-state index in [0.29, 0.717) is 17.7 Å². The maximum Gasteiger partial charge on any atom is 0.280 e. The van der Waals surface area contributed by atoms with Crippen molar-refractivity contribution >= 4 is 40.9 Å². The first kappa shape index (κ1) is 14.8. The summed E-state index contributed by atoms with van der Waals surface area (Å²) in [6.07, 6.45) is 3.00. The van der Waals surface area contributed by atoms with Crippen LogP contribution < -0.4 is 10.7 Å². The normalized spacial score (nSPS) is 13.3. The van der Waals surface area contributed by atoms with E-state index in [1.165, 1.54) is 0 Å². The van der Waals surface area contributed by atoms with E-state index >= 15 is 0 Å². The van der Waals surface area contributed by atoms with Crippen LogP contribution in [0.1, 0.15) is 27.1 Å². The molecule has 1 heterocycles. The molecule has 0 aliphatic carbocycles. The van der Waals surface area contributed by atoms with Gasteiger partial charge in [0.05, 0.1) is 11.1 Å². The minimum atomic E-state index is -0.376. The molecule has 0 spiro atoms. The Hall–Kier alpha value is -1.60. The van der Waals surface area contributed by atoms with Gasteiger partial charge >= 0.3 is 0 Å². The van der Waals surface area contributed by atoms with Crippen molar-refractivity contribution in [2.45, 2.75) is 6.42 Å². The second-order valence-electron chi connectivity index (χ2n) is 4.21. The van der Waals surface area contributed by atoms with Gasteiger partial charge in [0.1, 0.15) is 0 Å². The van der Waals surface area contributed by atoms with Gasteiger partial charge in [0.15, 0.2) is 5.11 Å². The number of thiocarbonyl (C=S) groups is 1. The van der Waals surface area contributed by atoms with Crippen molar-refractivity contribution in [1.29, 1.82) is 0 Å². The monoisotopic (exact) mass is 309 g/mol. The predicted octanol–water partition coefficient (Wildman–Crippen LogP) is 1.41. The lowest BCUT2D eigenvalue weighted by molar-refractivity contribution is 0.0611. The highest BCUT2D eigenvalue weighted by atomic mass is 32.2. The standard InChI is InChI=1S/C13H15N3O2S2/c1-20-8-4-7-14-13(19)15-16-11(17)9-5-2-3-6-10(9)12(16)18/h2-3,5-6H,4,7-8H2,1H3,(H2,14,15,19). The van der Waals surface area contributed by atoms with Gasteiger partial charge in [0.25, 0.3) is 11.8 Å². The van der Waals surface area contributed by atoms with Crippen LogP contribution in [-0.4, -0.2) is 40.5 Å². The lowest BCUT2D eigenvalue weighted by Gasteiger charge is -2.17. The lowest BCUT2D eigenvalue weighted by atomic mass is 10.1. The molecule has 7 heteroatoms. The third-order valence-corrected chi connectivity index (χ3v) is 3.75. The SMILES string of the molecule is CSCCCNC(=S)NN1C(=O)c2ccccc2C1=O. The van der Waals surface area contributed by atoms with Gasteiger partial charge < -0.3 is 5.32 Å². The zero-order valence-corrected chi connectivity index (χ0v) is 12.6. The predicted molar refractivity (Wildman–Crippen MR) is 83.7 cm³/mol. The van der Waals surface area contributed by atoms with E-state index in [1.54, 1.807) is 36.0 Å². The van der Waals surface area contributed by atoms with Crippen LogP contribution in [0.2, 0.25) is 0 Å². The fraction of sp³-hybridized carbons (Fsp3) is 0.308. The highest BCUT2D eigenvalue weighted by molar-refractivity contribution is 7.98. The molecule has 0 saturated carbocycles. The third kappa shape index (κ3) is 3.10. The number of thioether (sulfide) groups is 1. The van der Waals surface area contributed by atoms with Crippen molar-refractivity contribution in [2.75, 3.05) is 18.6 Å². The first-order valence-electron chi connectivity index (χ1n) is 6.16. The molecule has 0 aromatic heterocycles. The van der Waals surface area contributed by atoms with Gasteiger partial charge in [-0.25, -0.2) is 0 Å². The summed E-state index contributed by atoms with van der Waals surface area (Å²) >= 11 is 6.84. The summed E-state index contributed by atoms with van der Waals surface area (Å²) in [6.45, 7) is 0.704. The van der Waals surface area contributed by atoms with Crippen LogP contribution in [0.5, 0.6) is 0 Å². The lowest BCUT2D eigenvalue weighted by Crippen LogP contribution is -2.50. The van der Waals surface area contributed by atoms with Crippen LogP contribution in [0.15, 0.2) is 24.3 Å². The summed E-state index contributed by atoms with van der Waals surface area (Å²) in [6, 6.07) is 6.72. The van der Waals surface area contributed by atoms with Crippen LogP contribution in [0, 0.1) is 0 Å². The van der Waals surface area contributed by atoms with Crippen molar-refractivity contribution in [3.05, 3.63) is 35.4 Å². The number of hydrogen-bond acceptors (Lipinski definition) is 4. The van der Waals surface area contributed by atoms with Gasteiger partial charge in [-0.15, -0.1) is 0 Å².